The third-order valence-electron chi connectivity index (χ3n) is 4.99. The number of likely N-dealkylation sites (tertiary alicyclic amines) is 2. The van der Waals surface area contributed by atoms with E-state index in [1.807, 2.05) is 6.92 Å². The van der Waals surface area contributed by atoms with Crippen LogP contribution >= 0.6 is 12.6 Å². The highest BCUT2D eigenvalue weighted by Gasteiger charge is 2.42. The molecule has 2 aliphatic heterocycles. The molecule has 13 heteroatoms. The topological polar surface area (TPSA) is 149 Å². The zero-order valence-corrected chi connectivity index (χ0v) is 25.0. The molecule has 4 atom stereocenters. The summed E-state index contributed by atoms with van der Waals surface area (Å²) in [5.74, 6) is -0.626. The Morgan fingerprint density at radius 3 is 1.45 bits per heavy atom. The minimum Gasteiger partial charge on any atom is -0.467 e. The van der Waals surface area contributed by atoms with Gasteiger partial charge >= 0.3 is 24.1 Å². The molecule has 0 aliphatic carbocycles. The van der Waals surface area contributed by atoms with Gasteiger partial charge in [-0.15, -0.1) is 12.6 Å². The summed E-state index contributed by atoms with van der Waals surface area (Å²) in [6.45, 7) is 14.7. The fourth-order valence-electron chi connectivity index (χ4n) is 3.62. The van der Waals surface area contributed by atoms with Crippen LogP contribution in [0.25, 0.3) is 0 Å². The molecule has 12 nitrogen and oxygen atoms in total. The fraction of sp³-hybridized carbons (Fsp3) is 0.800. The number of hydrogen-bond donors (Lipinski definition) is 2. The molecule has 0 bridgehead atoms. The van der Waals surface area contributed by atoms with Crippen LogP contribution in [-0.4, -0.2) is 101 Å². The summed E-state index contributed by atoms with van der Waals surface area (Å²) >= 11 is 3.33. The molecule has 2 amide bonds. The molecule has 0 spiro atoms. The van der Waals surface area contributed by atoms with Crippen molar-refractivity contribution in [1.29, 1.82) is 0 Å². The maximum Gasteiger partial charge on any atom is 0.411 e. The highest BCUT2D eigenvalue weighted by Crippen LogP contribution is 2.26. The van der Waals surface area contributed by atoms with Gasteiger partial charge < -0.3 is 24.1 Å². The monoisotopic (exact) mass is 564 g/mol. The molecule has 0 radical (unpaired) electrons. The molecule has 2 heterocycles. The summed E-state index contributed by atoms with van der Waals surface area (Å²) in [4.78, 5) is 58.8. The molecule has 2 rings (SSSR count). The van der Waals surface area contributed by atoms with Gasteiger partial charge in [-0.25, -0.2) is 19.2 Å². The van der Waals surface area contributed by atoms with Gasteiger partial charge in [-0.3, -0.25) is 14.6 Å². The van der Waals surface area contributed by atoms with Gasteiger partial charge in [0, 0.05) is 19.9 Å². The van der Waals surface area contributed by atoms with Gasteiger partial charge in [-0.1, -0.05) is 6.92 Å². The zero-order valence-electron chi connectivity index (χ0n) is 24.1. The van der Waals surface area contributed by atoms with Gasteiger partial charge in [-0.05, 0) is 53.9 Å². The van der Waals surface area contributed by atoms with E-state index < -0.39 is 47.5 Å². The lowest BCUT2D eigenvalue weighted by Gasteiger charge is -2.27. The molecule has 0 unspecified atom stereocenters. The van der Waals surface area contributed by atoms with E-state index in [2.05, 4.69) is 17.4 Å². The second-order valence-electron chi connectivity index (χ2n) is 11.1. The molecule has 0 aromatic carbocycles. The lowest BCUT2D eigenvalue weighted by Crippen LogP contribution is -2.43. The normalized spacial score (nSPS) is 22.7. The summed E-state index contributed by atoms with van der Waals surface area (Å²) in [5, 5.41) is 9.37. The van der Waals surface area contributed by atoms with Crippen LogP contribution in [0.4, 0.5) is 9.59 Å². The predicted octanol–water partition coefficient (Wildman–Crippen LogP) is 2.80. The molecule has 0 aromatic heterocycles. The van der Waals surface area contributed by atoms with E-state index in [1.54, 1.807) is 41.5 Å². The minimum absolute atomic E-state index is 0.0919. The van der Waals surface area contributed by atoms with Crippen molar-refractivity contribution in [3.05, 3.63) is 0 Å². The SMILES string of the molecule is CC(=O)S.COC(=O)[C@@H]1C[C@@H](C)CN1C(=O)OC(C)(C)C.COC(=O)[C@@H]1C[C@H](O)CN1C(=O)OC(C)(C)C. The van der Waals surface area contributed by atoms with Gasteiger partial charge in [0.25, 0.3) is 0 Å². The van der Waals surface area contributed by atoms with Crippen molar-refractivity contribution in [2.24, 2.45) is 5.92 Å². The molecular formula is C25H44N2O10S. The number of carbonyl (C=O) groups excluding carboxylic acids is 5. The molecule has 2 saturated heterocycles. The molecule has 0 saturated carbocycles. The van der Waals surface area contributed by atoms with E-state index in [0.29, 0.717) is 13.0 Å². The van der Waals surface area contributed by atoms with Gasteiger partial charge in [0.15, 0.2) is 5.12 Å². The van der Waals surface area contributed by atoms with Crippen LogP contribution in [0, 0.1) is 5.92 Å². The summed E-state index contributed by atoms with van der Waals surface area (Å²) in [7, 11) is 2.58. The van der Waals surface area contributed by atoms with Crippen LogP contribution in [0.2, 0.25) is 0 Å². The van der Waals surface area contributed by atoms with E-state index in [9.17, 15) is 29.1 Å². The highest BCUT2D eigenvalue weighted by molar-refractivity contribution is 7.96. The number of aliphatic hydroxyl groups excluding tert-OH is 1. The van der Waals surface area contributed by atoms with E-state index in [0.717, 1.165) is 0 Å². The zero-order chi connectivity index (χ0) is 30.0. The summed E-state index contributed by atoms with van der Waals surface area (Å²) in [5.41, 5.74) is -1.19. The Morgan fingerprint density at radius 2 is 1.11 bits per heavy atom. The standard InChI is InChI=1S/C12H21NO4.C11H19NO5.C2H4OS/c1-8-6-9(10(14)16-5)13(7-8)11(15)17-12(2,3)4;1-11(2,3)17-10(15)12-6-7(13)5-8(12)9(14)16-4;1-2(3)4/h8-9H,6-7H2,1-5H3;7-8,13H,5-6H2,1-4H3;1H3,(H,3,4)/t8-,9+;7-,8-;/m10./s1. The van der Waals surface area contributed by atoms with Crippen molar-refractivity contribution in [2.75, 3.05) is 27.3 Å². The number of carbonyl (C=O) groups is 5. The molecule has 0 aromatic rings. The molecule has 2 fully saturated rings. The Bertz CT molecular complexity index is 771. The molecule has 2 aliphatic rings. The van der Waals surface area contributed by atoms with E-state index in [-0.39, 0.29) is 30.0 Å². The quantitative estimate of drug-likeness (QED) is 0.291. The van der Waals surface area contributed by atoms with Crippen LogP contribution in [0.15, 0.2) is 0 Å². The van der Waals surface area contributed by atoms with E-state index >= 15 is 0 Å². The average molecular weight is 565 g/mol. The summed E-state index contributed by atoms with van der Waals surface area (Å²) in [6.07, 6.45) is -0.953. The first-order valence-corrected chi connectivity index (χ1v) is 12.7. The number of rotatable bonds is 2. The van der Waals surface area contributed by atoms with Gasteiger partial charge in [0.05, 0.1) is 26.9 Å². The molecule has 220 valence electrons. The van der Waals surface area contributed by atoms with Crippen LogP contribution in [0.1, 0.15) is 68.2 Å². The van der Waals surface area contributed by atoms with Crippen molar-refractivity contribution in [2.45, 2.75) is 97.6 Å². The smallest absolute Gasteiger partial charge is 0.411 e. The predicted molar refractivity (Wildman–Crippen MR) is 142 cm³/mol. The number of amides is 2. The summed E-state index contributed by atoms with van der Waals surface area (Å²) < 4.78 is 19.7. The van der Waals surface area contributed by atoms with Crippen molar-refractivity contribution < 1.29 is 48.0 Å². The maximum absolute atomic E-state index is 11.9. The van der Waals surface area contributed by atoms with Gasteiger partial charge in [0.2, 0.25) is 0 Å². The second kappa shape index (κ2) is 15.2. The van der Waals surface area contributed by atoms with Crippen LogP contribution in [-0.2, 0) is 33.3 Å². The number of aliphatic hydroxyl groups is 1. The van der Waals surface area contributed by atoms with E-state index in [1.165, 1.54) is 30.9 Å². The number of esters is 2. The number of methoxy groups -OCH3 is 2. The van der Waals surface area contributed by atoms with Crippen molar-refractivity contribution >= 4 is 41.9 Å². The number of β-amino-alcohol motifs (C(OH)–C–C–N with tert-alkyl or cyclic N) is 1. The third-order valence-corrected chi connectivity index (χ3v) is 4.99. The van der Waals surface area contributed by atoms with Crippen molar-refractivity contribution in [3.8, 4) is 0 Å². The number of hydrogen-bond acceptors (Lipinski definition) is 10. The maximum atomic E-state index is 11.9. The molecular weight excluding hydrogens is 520 g/mol. The number of thiol groups is 1. The first-order chi connectivity index (χ1) is 17.2. The lowest BCUT2D eigenvalue weighted by atomic mass is 10.1. The first kappa shape index (κ1) is 35.5. The molecule has 1 N–H and O–H groups in total. The molecule has 38 heavy (non-hydrogen) atoms. The van der Waals surface area contributed by atoms with Crippen molar-refractivity contribution in [3.63, 3.8) is 0 Å². The number of nitrogens with zero attached hydrogens (tertiary/aromatic N) is 2. The fourth-order valence-corrected chi connectivity index (χ4v) is 3.62. The largest absolute Gasteiger partial charge is 0.467 e. The Hall–Kier alpha value is -2.54. The third kappa shape index (κ3) is 13.3. The average Bonchev–Trinajstić information content (AvgIpc) is 3.33. The highest BCUT2D eigenvalue weighted by atomic mass is 32.1. The van der Waals surface area contributed by atoms with Crippen LogP contribution in [0.3, 0.4) is 0 Å². The lowest BCUT2D eigenvalue weighted by molar-refractivity contribution is -0.146. The minimum atomic E-state index is -0.759. The Kier molecular flexibility index (Phi) is 14.1. The van der Waals surface area contributed by atoms with Crippen LogP contribution in [0.5, 0.6) is 0 Å². The first-order valence-electron chi connectivity index (χ1n) is 12.2. The Balaban J connectivity index is 0.000000632. The number of ether oxygens (including phenoxy) is 4. The summed E-state index contributed by atoms with van der Waals surface area (Å²) in [6, 6.07) is -1.27. The second-order valence-corrected chi connectivity index (χ2v) is 11.7. The van der Waals surface area contributed by atoms with E-state index in [4.69, 9.17) is 14.2 Å². The van der Waals surface area contributed by atoms with Gasteiger partial charge in [-0.2, -0.15) is 0 Å². The Labute approximate surface area is 230 Å². The van der Waals surface area contributed by atoms with Crippen molar-refractivity contribution in [1.82, 2.24) is 9.80 Å². The van der Waals surface area contributed by atoms with Gasteiger partial charge in [0.1, 0.15) is 23.3 Å². The Morgan fingerprint density at radius 1 is 0.763 bits per heavy atom. The van der Waals surface area contributed by atoms with Crippen LogP contribution < -0.4 is 0 Å².